The van der Waals surface area contributed by atoms with Gasteiger partial charge in [0.15, 0.2) is 0 Å². The summed E-state index contributed by atoms with van der Waals surface area (Å²) in [5.41, 5.74) is 1.88. The van der Waals surface area contributed by atoms with Crippen molar-refractivity contribution in [1.29, 1.82) is 0 Å². The van der Waals surface area contributed by atoms with Crippen LogP contribution in [0.1, 0.15) is 25.0 Å². The first-order valence-corrected chi connectivity index (χ1v) is 15.1. The predicted octanol–water partition coefficient (Wildman–Crippen LogP) is 5.17. The smallest absolute Gasteiger partial charge is 0.244 e. The van der Waals surface area contributed by atoms with E-state index in [9.17, 15) is 18.0 Å². The van der Waals surface area contributed by atoms with Crippen molar-refractivity contribution in [2.24, 2.45) is 5.92 Å². The van der Waals surface area contributed by atoms with Crippen molar-refractivity contribution in [3.8, 4) is 0 Å². The molecule has 0 aliphatic rings. The first kappa shape index (κ1) is 30.5. The van der Waals surface area contributed by atoms with Crippen LogP contribution in [-0.4, -0.2) is 50.5 Å². The second kappa shape index (κ2) is 13.8. The third kappa shape index (κ3) is 8.98. The molecule has 3 rings (SSSR count). The highest BCUT2D eigenvalue weighted by atomic mass is 35.5. The number of nitrogens with one attached hydrogen (secondary N) is 1. The zero-order valence-corrected chi connectivity index (χ0v) is 24.5. The highest BCUT2D eigenvalue weighted by Gasteiger charge is 2.33. The van der Waals surface area contributed by atoms with E-state index in [-0.39, 0.29) is 40.5 Å². The lowest BCUT2D eigenvalue weighted by atomic mass is 10.0. The van der Waals surface area contributed by atoms with Gasteiger partial charge in [-0.25, -0.2) is 8.42 Å². The molecule has 39 heavy (non-hydrogen) atoms. The van der Waals surface area contributed by atoms with E-state index in [4.69, 9.17) is 23.2 Å². The Bertz CT molecular complexity index is 1370. The van der Waals surface area contributed by atoms with E-state index in [0.717, 1.165) is 21.7 Å². The van der Waals surface area contributed by atoms with Crippen LogP contribution in [0.3, 0.4) is 0 Å². The molecule has 0 saturated carbocycles. The van der Waals surface area contributed by atoms with Gasteiger partial charge in [-0.15, -0.1) is 0 Å². The van der Waals surface area contributed by atoms with Gasteiger partial charge in [0.25, 0.3) is 0 Å². The van der Waals surface area contributed by atoms with Crippen molar-refractivity contribution in [3.05, 3.63) is 100 Å². The van der Waals surface area contributed by atoms with Crippen molar-refractivity contribution >= 4 is 50.7 Å². The van der Waals surface area contributed by atoms with Gasteiger partial charge >= 0.3 is 0 Å². The Balaban J connectivity index is 2.03. The summed E-state index contributed by atoms with van der Waals surface area (Å²) in [7, 11) is -3.89. The topological polar surface area (TPSA) is 86.8 Å². The van der Waals surface area contributed by atoms with Gasteiger partial charge in [-0.05, 0) is 35.2 Å². The monoisotopic (exact) mass is 589 g/mol. The van der Waals surface area contributed by atoms with Crippen LogP contribution in [0.15, 0.2) is 78.9 Å². The minimum atomic E-state index is -3.89. The molecule has 2 amide bonds. The molecule has 1 N–H and O–H groups in total. The zero-order valence-electron chi connectivity index (χ0n) is 22.2. The maximum atomic E-state index is 14.0. The number of hydrogen-bond donors (Lipinski definition) is 1. The van der Waals surface area contributed by atoms with Gasteiger partial charge in [0.1, 0.15) is 12.6 Å². The van der Waals surface area contributed by atoms with Gasteiger partial charge in [-0.1, -0.05) is 97.7 Å². The number of amides is 2. The molecule has 0 unspecified atom stereocenters. The van der Waals surface area contributed by atoms with Gasteiger partial charge in [-0.3, -0.25) is 13.9 Å². The van der Waals surface area contributed by atoms with Crippen LogP contribution >= 0.6 is 23.2 Å². The molecule has 1 atom stereocenters. The minimum absolute atomic E-state index is 0.116. The first-order chi connectivity index (χ1) is 18.5. The molecule has 208 valence electrons. The Labute approximate surface area is 240 Å². The largest absolute Gasteiger partial charge is 0.354 e. The van der Waals surface area contributed by atoms with Gasteiger partial charge in [-0.2, -0.15) is 0 Å². The normalized spacial score (nSPS) is 12.2. The second-order valence-electron chi connectivity index (χ2n) is 9.72. The van der Waals surface area contributed by atoms with Crippen LogP contribution in [0, 0.1) is 5.92 Å². The SMILES string of the molecule is CC(C)CNC(=O)[C@H](Cc1ccccc1)N(Cc1ccccc1)C(=O)CN(c1ccc(Cl)c(Cl)c1)S(C)(=O)=O. The standard InChI is InChI=1S/C29H33Cl2N3O4S/c1-21(2)18-32-29(36)27(16-22-10-6-4-7-11-22)33(19-23-12-8-5-9-13-23)28(35)20-34(39(3,37)38)24-14-15-25(30)26(31)17-24/h4-15,17,21,27H,16,18-20H2,1-3H3,(H,32,36)/t27-/m0/s1. The lowest BCUT2D eigenvalue weighted by molar-refractivity contribution is -0.140. The van der Waals surface area contributed by atoms with Crippen LogP contribution in [0.4, 0.5) is 5.69 Å². The minimum Gasteiger partial charge on any atom is -0.354 e. The van der Waals surface area contributed by atoms with Crippen molar-refractivity contribution < 1.29 is 18.0 Å². The Kier molecular flexibility index (Phi) is 10.8. The Hall–Kier alpha value is -3.07. The number of hydrogen-bond acceptors (Lipinski definition) is 4. The number of sulfonamides is 1. The summed E-state index contributed by atoms with van der Waals surface area (Å²) in [6.45, 7) is 4.01. The Morgan fingerprint density at radius 1 is 0.872 bits per heavy atom. The van der Waals surface area contributed by atoms with Gasteiger partial charge in [0.2, 0.25) is 21.8 Å². The van der Waals surface area contributed by atoms with Gasteiger partial charge in [0, 0.05) is 19.5 Å². The molecule has 7 nitrogen and oxygen atoms in total. The van der Waals surface area contributed by atoms with Crippen molar-refractivity contribution in [2.45, 2.75) is 32.9 Å². The van der Waals surface area contributed by atoms with Crippen LogP contribution in [-0.2, 0) is 32.6 Å². The van der Waals surface area contributed by atoms with Gasteiger partial charge in [0.05, 0.1) is 22.0 Å². The third-order valence-corrected chi connectivity index (χ3v) is 7.90. The fraction of sp³-hybridized carbons (Fsp3) is 0.310. The summed E-state index contributed by atoms with van der Waals surface area (Å²) < 4.78 is 26.6. The summed E-state index contributed by atoms with van der Waals surface area (Å²) in [6.07, 6.45) is 1.27. The molecule has 0 fully saturated rings. The summed E-state index contributed by atoms with van der Waals surface area (Å²) in [6, 6.07) is 22.2. The number of rotatable bonds is 12. The molecule has 0 bridgehead atoms. The van der Waals surface area contributed by atoms with Crippen molar-refractivity contribution in [3.63, 3.8) is 0 Å². The molecule has 0 radical (unpaired) electrons. The number of carbonyl (C=O) groups is 2. The van der Waals surface area contributed by atoms with E-state index < -0.39 is 28.5 Å². The van der Waals surface area contributed by atoms with E-state index >= 15 is 0 Å². The highest BCUT2D eigenvalue weighted by Crippen LogP contribution is 2.29. The molecule has 0 aliphatic carbocycles. The van der Waals surface area contributed by atoms with E-state index in [1.54, 1.807) is 0 Å². The predicted molar refractivity (Wildman–Crippen MR) is 157 cm³/mol. The zero-order chi connectivity index (χ0) is 28.6. The number of carbonyl (C=O) groups excluding carboxylic acids is 2. The number of anilines is 1. The fourth-order valence-corrected chi connectivity index (χ4v) is 5.14. The van der Waals surface area contributed by atoms with Crippen LogP contribution in [0.5, 0.6) is 0 Å². The molecule has 0 saturated heterocycles. The van der Waals surface area contributed by atoms with E-state index in [0.29, 0.717) is 6.54 Å². The van der Waals surface area contributed by atoms with E-state index in [1.165, 1.54) is 23.1 Å². The summed E-state index contributed by atoms with van der Waals surface area (Å²) in [5.74, 6) is -0.631. The molecule has 10 heteroatoms. The lowest BCUT2D eigenvalue weighted by Gasteiger charge is -2.33. The summed E-state index contributed by atoms with van der Waals surface area (Å²) in [5, 5.41) is 3.37. The van der Waals surface area contributed by atoms with Crippen LogP contribution < -0.4 is 9.62 Å². The first-order valence-electron chi connectivity index (χ1n) is 12.5. The molecule has 0 spiro atoms. The molecular weight excluding hydrogens is 557 g/mol. The maximum absolute atomic E-state index is 14.0. The molecular formula is C29H33Cl2N3O4S. The number of halogens is 2. The van der Waals surface area contributed by atoms with E-state index in [1.807, 2.05) is 74.5 Å². The average Bonchev–Trinajstić information content (AvgIpc) is 2.90. The van der Waals surface area contributed by atoms with Crippen LogP contribution in [0.2, 0.25) is 10.0 Å². The van der Waals surface area contributed by atoms with Crippen molar-refractivity contribution in [1.82, 2.24) is 10.2 Å². The Morgan fingerprint density at radius 3 is 2.00 bits per heavy atom. The quantitative estimate of drug-likeness (QED) is 0.315. The molecule has 0 aliphatic heterocycles. The molecule has 3 aromatic rings. The fourth-order valence-electron chi connectivity index (χ4n) is 4.01. The maximum Gasteiger partial charge on any atom is 0.244 e. The number of benzene rings is 3. The third-order valence-electron chi connectivity index (χ3n) is 6.02. The summed E-state index contributed by atoms with van der Waals surface area (Å²) >= 11 is 12.2. The molecule has 0 heterocycles. The van der Waals surface area contributed by atoms with Gasteiger partial charge < -0.3 is 10.2 Å². The van der Waals surface area contributed by atoms with E-state index in [2.05, 4.69) is 5.32 Å². The number of nitrogens with zero attached hydrogens (tertiary/aromatic N) is 2. The summed E-state index contributed by atoms with van der Waals surface area (Å²) in [4.78, 5) is 29.0. The van der Waals surface area contributed by atoms with Crippen molar-refractivity contribution in [2.75, 3.05) is 23.7 Å². The lowest BCUT2D eigenvalue weighted by Crippen LogP contribution is -2.53. The second-order valence-corrected chi connectivity index (χ2v) is 12.4. The molecule has 3 aromatic carbocycles. The highest BCUT2D eigenvalue weighted by molar-refractivity contribution is 7.92. The molecule has 0 aromatic heterocycles. The average molecular weight is 591 g/mol. The van der Waals surface area contributed by atoms with Crippen LogP contribution in [0.25, 0.3) is 0 Å². The Morgan fingerprint density at radius 2 is 1.46 bits per heavy atom.